The van der Waals surface area contributed by atoms with Gasteiger partial charge in [-0.2, -0.15) is 0 Å². The van der Waals surface area contributed by atoms with Gasteiger partial charge in [-0.15, -0.1) is 0 Å². The molecule has 0 bridgehead atoms. The van der Waals surface area contributed by atoms with Crippen molar-refractivity contribution in [1.82, 2.24) is 10.2 Å². The normalized spacial score (nSPS) is 28.8. The van der Waals surface area contributed by atoms with Crippen molar-refractivity contribution >= 4 is 5.91 Å². The highest BCUT2D eigenvalue weighted by Gasteiger charge is 2.35. The van der Waals surface area contributed by atoms with E-state index in [0.29, 0.717) is 12.5 Å². The van der Waals surface area contributed by atoms with Gasteiger partial charge in [0.25, 0.3) is 0 Å². The van der Waals surface area contributed by atoms with Gasteiger partial charge in [0.1, 0.15) is 11.9 Å². The van der Waals surface area contributed by atoms with Crippen molar-refractivity contribution in [3.63, 3.8) is 0 Å². The van der Waals surface area contributed by atoms with Crippen LogP contribution in [0.25, 0.3) is 0 Å². The molecule has 0 aliphatic carbocycles. The molecule has 1 amide bonds. The van der Waals surface area contributed by atoms with Crippen LogP contribution in [0.3, 0.4) is 0 Å². The van der Waals surface area contributed by atoms with Gasteiger partial charge >= 0.3 is 0 Å². The van der Waals surface area contributed by atoms with Crippen LogP contribution in [0.15, 0.2) is 24.3 Å². The quantitative estimate of drug-likeness (QED) is 0.922. The number of carbonyl (C=O) groups is 1. The van der Waals surface area contributed by atoms with E-state index in [-0.39, 0.29) is 23.9 Å². The maximum Gasteiger partial charge on any atom is 0.242 e. The van der Waals surface area contributed by atoms with Crippen molar-refractivity contribution in [2.45, 2.75) is 31.9 Å². The molecule has 0 radical (unpaired) electrons. The first-order valence-electron chi connectivity index (χ1n) is 8.01. The van der Waals surface area contributed by atoms with E-state index in [2.05, 4.69) is 5.32 Å². The SMILES string of the molecule is C[C@H]1OCCN[C@@H]1C(=O)N1CCC(Cc2ccc(F)cc2)C1. The second kappa shape index (κ2) is 6.75. The molecule has 120 valence electrons. The molecule has 4 nitrogen and oxygen atoms in total. The third kappa shape index (κ3) is 3.47. The Morgan fingerprint density at radius 3 is 2.91 bits per heavy atom. The molecule has 2 heterocycles. The molecule has 2 saturated heterocycles. The lowest BCUT2D eigenvalue weighted by Gasteiger charge is -2.32. The van der Waals surface area contributed by atoms with Gasteiger partial charge in [-0.1, -0.05) is 12.1 Å². The lowest BCUT2D eigenvalue weighted by atomic mass is 9.99. The van der Waals surface area contributed by atoms with Crippen LogP contribution in [0.5, 0.6) is 0 Å². The predicted octanol–water partition coefficient (Wildman–Crippen LogP) is 1.59. The minimum atomic E-state index is -0.224. The first-order chi connectivity index (χ1) is 10.6. The number of benzene rings is 1. The Kier molecular flexibility index (Phi) is 4.74. The molecule has 2 fully saturated rings. The Bertz CT molecular complexity index is 520. The van der Waals surface area contributed by atoms with Crippen LogP contribution in [-0.4, -0.2) is 49.2 Å². The lowest BCUT2D eigenvalue weighted by Crippen LogP contribution is -2.56. The molecule has 1 aromatic carbocycles. The third-order valence-corrected chi connectivity index (χ3v) is 4.62. The fourth-order valence-electron chi connectivity index (χ4n) is 3.36. The Balaban J connectivity index is 1.55. The average molecular weight is 306 g/mol. The Hall–Kier alpha value is -1.46. The zero-order valence-corrected chi connectivity index (χ0v) is 12.9. The van der Waals surface area contributed by atoms with Gasteiger partial charge in [-0.25, -0.2) is 4.39 Å². The Morgan fingerprint density at radius 1 is 1.41 bits per heavy atom. The molecule has 5 heteroatoms. The minimum absolute atomic E-state index is 0.0719. The lowest BCUT2D eigenvalue weighted by molar-refractivity contribution is -0.138. The number of carbonyl (C=O) groups excluding carboxylic acids is 1. The summed E-state index contributed by atoms with van der Waals surface area (Å²) in [6, 6.07) is 6.44. The molecular formula is C17H23FN2O2. The summed E-state index contributed by atoms with van der Waals surface area (Å²) in [5.41, 5.74) is 1.13. The Labute approximate surface area is 130 Å². The molecule has 2 aliphatic rings. The number of hydrogen-bond acceptors (Lipinski definition) is 3. The molecule has 3 rings (SSSR count). The van der Waals surface area contributed by atoms with E-state index in [0.717, 1.165) is 38.0 Å². The van der Waals surface area contributed by atoms with E-state index in [1.54, 1.807) is 0 Å². The van der Waals surface area contributed by atoms with Gasteiger partial charge in [-0.3, -0.25) is 4.79 Å². The zero-order chi connectivity index (χ0) is 15.5. The highest BCUT2D eigenvalue weighted by Crippen LogP contribution is 2.22. The predicted molar refractivity (Wildman–Crippen MR) is 82.0 cm³/mol. The molecule has 1 unspecified atom stereocenters. The van der Waals surface area contributed by atoms with Crippen molar-refractivity contribution in [2.75, 3.05) is 26.2 Å². The van der Waals surface area contributed by atoms with Crippen LogP contribution in [0, 0.1) is 11.7 Å². The number of hydrogen-bond donors (Lipinski definition) is 1. The highest BCUT2D eigenvalue weighted by molar-refractivity contribution is 5.83. The van der Waals surface area contributed by atoms with Crippen LogP contribution in [-0.2, 0) is 16.0 Å². The van der Waals surface area contributed by atoms with Gasteiger partial charge in [0.15, 0.2) is 0 Å². The number of rotatable bonds is 3. The van der Waals surface area contributed by atoms with E-state index >= 15 is 0 Å². The smallest absolute Gasteiger partial charge is 0.242 e. The van der Waals surface area contributed by atoms with Crippen LogP contribution >= 0.6 is 0 Å². The molecule has 0 spiro atoms. The number of morpholine rings is 1. The van der Waals surface area contributed by atoms with Gasteiger partial charge < -0.3 is 15.0 Å². The van der Waals surface area contributed by atoms with E-state index in [9.17, 15) is 9.18 Å². The number of amides is 1. The number of nitrogens with zero attached hydrogens (tertiary/aromatic N) is 1. The van der Waals surface area contributed by atoms with E-state index in [1.165, 1.54) is 12.1 Å². The fourth-order valence-corrected chi connectivity index (χ4v) is 3.36. The maximum absolute atomic E-state index is 12.9. The van der Waals surface area contributed by atoms with Crippen molar-refractivity contribution < 1.29 is 13.9 Å². The molecule has 1 aromatic rings. The first-order valence-corrected chi connectivity index (χ1v) is 8.01. The summed E-state index contributed by atoms with van der Waals surface area (Å²) in [7, 11) is 0. The van der Waals surface area contributed by atoms with Crippen LogP contribution < -0.4 is 5.32 Å². The maximum atomic E-state index is 12.9. The van der Waals surface area contributed by atoms with Crippen LogP contribution in [0.1, 0.15) is 18.9 Å². The van der Waals surface area contributed by atoms with Crippen molar-refractivity contribution in [1.29, 1.82) is 0 Å². The summed E-state index contributed by atoms with van der Waals surface area (Å²) in [5.74, 6) is 0.396. The van der Waals surface area contributed by atoms with Gasteiger partial charge in [0, 0.05) is 19.6 Å². The Morgan fingerprint density at radius 2 is 2.18 bits per heavy atom. The fraction of sp³-hybridized carbons (Fsp3) is 0.588. The minimum Gasteiger partial charge on any atom is -0.375 e. The molecule has 22 heavy (non-hydrogen) atoms. The number of nitrogens with one attached hydrogen (secondary N) is 1. The molecule has 1 N–H and O–H groups in total. The molecule has 3 atom stereocenters. The number of likely N-dealkylation sites (tertiary alicyclic amines) is 1. The van der Waals surface area contributed by atoms with Crippen molar-refractivity contribution in [3.8, 4) is 0 Å². The van der Waals surface area contributed by atoms with E-state index in [1.807, 2.05) is 24.0 Å². The summed E-state index contributed by atoms with van der Waals surface area (Å²) in [4.78, 5) is 14.5. The topological polar surface area (TPSA) is 41.6 Å². The largest absolute Gasteiger partial charge is 0.375 e. The van der Waals surface area contributed by atoms with E-state index in [4.69, 9.17) is 4.74 Å². The van der Waals surface area contributed by atoms with E-state index < -0.39 is 0 Å². The van der Waals surface area contributed by atoms with Gasteiger partial charge in [-0.05, 0) is 43.4 Å². The molecule has 2 aliphatic heterocycles. The number of halogens is 1. The van der Waals surface area contributed by atoms with Crippen molar-refractivity contribution in [3.05, 3.63) is 35.6 Å². The highest BCUT2D eigenvalue weighted by atomic mass is 19.1. The summed E-state index contributed by atoms with van der Waals surface area (Å²) >= 11 is 0. The average Bonchev–Trinajstić information content (AvgIpc) is 2.98. The van der Waals surface area contributed by atoms with Gasteiger partial charge in [0.2, 0.25) is 5.91 Å². The second-order valence-corrected chi connectivity index (χ2v) is 6.28. The summed E-state index contributed by atoms with van der Waals surface area (Å²) in [6.07, 6.45) is 1.83. The summed E-state index contributed by atoms with van der Waals surface area (Å²) in [5, 5.41) is 3.26. The molecular weight excluding hydrogens is 283 g/mol. The first kappa shape index (κ1) is 15.4. The zero-order valence-electron chi connectivity index (χ0n) is 12.9. The second-order valence-electron chi connectivity index (χ2n) is 6.28. The van der Waals surface area contributed by atoms with Crippen molar-refractivity contribution in [2.24, 2.45) is 5.92 Å². The summed E-state index contributed by atoms with van der Waals surface area (Å²) < 4.78 is 18.5. The number of ether oxygens (including phenoxy) is 1. The van der Waals surface area contributed by atoms with Gasteiger partial charge in [0.05, 0.1) is 12.7 Å². The van der Waals surface area contributed by atoms with Crippen LogP contribution in [0.4, 0.5) is 4.39 Å². The molecule has 0 saturated carbocycles. The monoisotopic (exact) mass is 306 g/mol. The molecule has 0 aromatic heterocycles. The third-order valence-electron chi connectivity index (χ3n) is 4.62. The summed E-state index contributed by atoms with van der Waals surface area (Å²) in [6.45, 7) is 4.92. The standard InChI is InChI=1S/C17H23FN2O2/c1-12-16(19-7-9-22-12)17(21)20-8-6-14(11-20)10-13-2-4-15(18)5-3-13/h2-5,12,14,16,19H,6-11H2,1H3/t12-,14?,16+/m1/s1. The van der Waals surface area contributed by atoms with Crippen LogP contribution in [0.2, 0.25) is 0 Å².